The summed E-state index contributed by atoms with van der Waals surface area (Å²) >= 11 is 0. The van der Waals surface area contributed by atoms with E-state index in [1.807, 2.05) is 13.8 Å². The van der Waals surface area contributed by atoms with Gasteiger partial charge in [0.1, 0.15) is 17.2 Å². The Morgan fingerprint density at radius 2 is 2.06 bits per heavy atom. The Morgan fingerprint density at radius 3 is 2.44 bits per heavy atom. The van der Waals surface area contributed by atoms with Crippen molar-refractivity contribution in [2.45, 2.75) is 44.9 Å². The van der Waals surface area contributed by atoms with Crippen molar-refractivity contribution in [3.05, 3.63) is 17.5 Å². The van der Waals surface area contributed by atoms with Crippen LogP contribution in [0.25, 0.3) is 0 Å². The molecule has 1 heterocycles. The van der Waals surface area contributed by atoms with Crippen molar-refractivity contribution < 1.29 is 12.9 Å². The highest BCUT2D eigenvalue weighted by Crippen LogP contribution is 2.16. The van der Waals surface area contributed by atoms with Crippen LogP contribution in [0.15, 0.2) is 10.6 Å². The average molecular weight is 275 g/mol. The molecule has 0 aliphatic heterocycles. The monoisotopic (exact) mass is 275 g/mol. The Kier molecular flexibility index (Phi) is 4.89. The van der Waals surface area contributed by atoms with Crippen molar-refractivity contribution in [3.63, 3.8) is 0 Å². The summed E-state index contributed by atoms with van der Waals surface area (Å²) in [7, 11) is -3.47. The number of hydrogen-bond donors (Lipinski definition) is 2. The normalized spacial score (nSPS) is 12.9. The lowest BCUT2D eigenvalue weighted by Gasteiger charge is -2.30. The summed E-state index contributed by atoms with van der Waals surface area (Å²) in [6.45, 7) is 5.83. The fourth-order valence-electron chi connectivity index (χ4n) is 1.77. The molecule has 0 atom stereocenters. The molecule has 0 radical (unpaired) electrons. The summed E-state index contributed by atoms with van der Waals surface area (Å²) < 4.78 is 31.6. The lowest BCUT2D eigenvalue weighted by Crippen LogP contribution is -2.53. The topological polar surface area (TPSA) is 98.2 Å². The van der Waals surface area contributed by atoms with E-state index < -0.39 is 15.6 Å². The van der Waals surface area contributed by atoms with Gasteiger partial charge in [-0.25, -0.2) is 13.1 Å². The molecule has 104 valence electrons. The van der Waals surface area contributed by atoms with E-state index in [9.17, 15) is 8.42 Å². The van der Waals surface area contributed by atoms with Gasteiger partial charge in [0, 0.05) is 18.2 Å². The molecule has 1 rings (SSSR count). The molecule has 7 heteroatoms. The van der Waals surface area contributed by atoms with Crippen LogP contribution >= 0.6 is 0 Å². The Hall–Kier alpha value is -0.920. The minimum atomic E-state index is -3.47. The van der Waals surface area contributed by atoms with Gasteiger partial charge in [0.05, 0.1) is 0 Å². The van der Waals surface area contributed by atoms with E-state index >= 15 is 0 Å². The maximum Gasteiger partial charge on any atom is 0.218 e. The zero-order chi connectivity index (χ0) is 13.8. The molecule has 18 heavy (non-hydrogen) atoms. The van der Waals surface area contributed by atoms with Gasteiger partial charge in [-0.3, -0.25) is 0 Å². The maximum atomic E-state index is 12.1. The minimum absolute atomic E-state index is 0.188. The number of aryl methyl sites for hydroxylation is 1. The fraction of sp³-hybridized carbons (Fsp3) is 0.727. The SMILES string of the molecule is CCC(CC)(CN)NS(=O)(=O)Cc1cc(C)on1. The molecule has 3 N–H and O–H groups in total. The Labute approximate surface area is 108 Å². The zero-order valence-corrected chi connectivity index (χ0v) is 11.9. The van der Waals surface area contributed by atoms with Crippen LogP contribution in [0.3, 0.4) is 0 Å². The zero-order valence-electron chi connectivity index (χ0n) is 11.1. The van der Waals surface area contributed by atoms with E-state index in [1.54, 1.807) is 13.0 Å². The van der Waals surface area contributed by atoms with Gasteiger partial charge in [0.15, 0.2) is 0 Å². The highest BCUT2D eigenvalue weighted by Gasteiger charge is 2.30. The number of nitrogens with zero attached hydrogens (tertiary/aromatic N) is 1. The summed E-state index contributed by atoms with van der Waals surface area (Å²) in [4.78, 5) is 0. The van der Waals surface area contributed by atoms with E-state index in [-0.39, 0.29) is 12.3 Å². The second-order valence-corrected chi connectivity index (χ2v) is 6.20. The van der Waals surface area contributed by atoms with E-state index in [1.165, 1.54) is 0 Å². The largest absolute Gasteiger partial charge is 0.361 e. The van der Waals surface area contributed by atoms with Crippen LogP contribution < -0.4 is 10.5 Å². The van der Waals surface area contributed by atoms with Crippen LogP contribution in [0, 0.1) is 6.92 Å². The first kappa shape index (κ1) is 15.1. The molecule has 0 saturated carbocycles. The molecule has 0 unspecified atom stereocenters. The lowest BCUT2D eigenvalue weighted by atomic mass is 9.95. The summed E-state index contributed by atoms with van der Waals surface area (Å²) in [6.07, 6.45) is 1.30. The predicted octanol–water partition coefficient (Wildman–Crippen LogP) is 0.920. The molecule has 0 bridgehead atoms. The van der Waals surface area contributed by atoms with Gasteiger partial charge < -0.3 is 10.3 Å². The van der Waals surface area contributed by atoms with Gasteiger partial charge in [-0.2, -0.15) is 0 Å². The van der Waals surface area contributed by atoms with Crippen molar-refractivity contribution in [2.24, 2.45) is 5.73 Å². The quantitative estimate of drug-likeness (QED) is 0.771. The molecule has 0 aliphatic carbocycles. The van der Waals surface area contributed by atoms with Gasteiger partial charge in [-0.05, 0) is 19.8 Å². The lowest BCUT2D eigenvalue weighted by molar-refractivity contribution is 0.362. The Balaban J connectivity index is 2.81. The Morgan fingerprint density at radius 1 is 1.44 bits per heavy atom. The maximum absolute atomic E-state index is 12.1. The summed E-state index contributed by atoms with van der Waals surface area (Å²) in [5.74, 6) is 0.405. The van der Waals surface area contributed by atoms with Crippen molar-refractivity contribution in [2.75, 3.05) is 6.54 Å². The number of sulfonamides is 1. The third-order valence-corrected chi connectivity index (χ3v) is 4.55. The summed E-state index contributed by atoms with van der Waals surface area (Å²) in [6, 6.07) is 1.61. The van der Waals surface area contributed by atoms with Crippen LogP contribution in [-0.2, 0) is 15.8 Å². The number of nitrogens with one attached hydrogen (secondary N) is 1. The molecular weight excluding hydrogens is 254 g/mol. The number of nitrogens with two attached hydrogens (primary N) is 1. The minimum Gasteiger partial charge on any atom is -0.361 e. The second kappa shape index (κ2) is 5.81. The average Bonchev–Trinajstić information content (AvgIpc) is 2.71. The van der Waals surface area contributed by atoms with Crippen molar-refractivity contribution >= 4 is 10.0 Å². The van der Waals surface area contributed by atoms with Crippen molar-refractivity contribution in [3.8, 4) is 0 Å². The van der Waals surface area contributed by atoms with E-state index in [0.717, 1.165) is 0 Å². The summed E-state index contributed by atoms with van der Waals surface area (Å²) in [5.41, 5.74) is 5.50. The van der Waals surface area contributed by atoms with Gasteiger partial charge in [-0.15, -0.1) is 0 Å². The van der Waals surface area contributed by atoms with Gasteiger partial charge in [0.25, 0.3) is 0 Å². The smallest absolute Gasteiger partial charge is 0.218 e. The highest BCUT2D eigenvalue weighted by atomic mass is 32.2. The van der Waals surface area contributed by atoms with Crippen LogP contribution in [0.4, 0.5) is 0 Å². The molecule has 0 saturated heterocycles. The van der Waals surface area contributed by atoms with E-state index in [4.69, 9.17) is 10.3 Å². The number of rotatable bonds is 7. The molecule has 0 amide bonds. The van der Waals surface area contributed by atoms with E-state index in [0.29, 0.717) is 24.3 Å². The molecule has 6 nitrogen and oxygen atoms in total. The third-order valence-electron chi connectivity index (χ3n) is 3.13. The first-order valence-electron chi connectivity index (χ1n) is 6.00. The third kappa shape index (κ3) is 3.79. The van der Waals surface area contributed by atoms with Gasteiger partial charge in [-0.1, -0.05) is 19.0 Å². The highest BCUT2D eigenvalue weighted by molar-refractivity contribution is 7.88. The van der Waals surface area contributed by atoms with Crippen LogP contribution in [0.1, 0.15) is 38.1 Å². The van der Waals surface area contributed by atoms with Crippen LogP contribution in [-0.4, -0.2) is 25.7 Å². The molecule has 1 aromatic rings. The first-order chi connectivity index (χ1) is 8.36. The number of hydrogen-bond acceptors (Lipinski definition) is 5. The first-order valence-corrected chi connectivity index (χ1v) is 7.65. The molecule has 0 fully saturated rings. The van der Waals surface area contributed by atoms with Crippen molar-refractivity contribution in [1.29, 1.82) is 0 Å². The van der Waals surface area contributed by atoms with Gasteiger partial charge >= 0.3 is 0 Å². The molecule has 1 aromatic heterocycles. The van der Waals surface area contributed by atoms with E-state index in [2.05, 4.69) is 9.88 Å². The standard InChI is InChI=1S/C11H21N3O3S/c1-4-11(5-2,8-12)14-18(15,16)7-10-6-9(3)17-13-10/h6,14H,4-5,7-8,12H2,1-3H3. The molecule has 0 aliphatic rings. The predicted molar refractivity (Wildman–Crippen MR) is 69.4 cm³/mol. The van der Waals surface area contributed by atoms with Gasteiger partial charge in [0.2, 0.25) is 10.0 Å². The second-order valence-electron chi connectivity index (χ2n) is 4.48. The molecule has 0 spiro atoms. The van der Waals surface area contributed by atoms with Crippen LogP contribution in [0.5, 0.6) is 0 Å². The fourth-order valence-corrected chi connectivity index (χ4v) is 3.40. The van der Waals surface area contributed by atoms with Crippen LogP contribution in [0.2, 0.25) is 0 Å². The Bertz CT molecular complexity index is 469. The molecule has 0 aromatic carbocycles. The summed E-state index contributed by atoms with van der Waals surface area (Å²) in [5, 5.41) is 3.68. The van der Waals surface area contributed by atoms with Crippen molar-refractivity contribution in [1.82, 2.24) is 9.88 Å². The molecular formula is C11H21N3O3S. The number of aromatic nitrogens is 1.